The third kappa shape index (κ3) is 6.13. The monoisotopic (exact) mass is 408 g/mol. The molecule has 1 amide bonds. The molecule has 0 spiro atoms. The van der Waals surface area contributed by atoms with Crippen LogP contribution in [0, 0.1) is 15.9 Å². The molecule has 2 rings (SSSR count). The van der Waals surface area contributed by atoms with Gasteiger partial charge in [0, 0.05) is 23.7 Å². The molecule has 0 aliphatic heterocycles. The largest absolute Gasteiger partial charge is 0.457 e. The number of benzene rings is 2. The molecule has 2 aromatic carbocycles. The normalized spacial score (nSPS) is 10.2. The van der Waals surface area contributed by atoms with Gasteiger partial charge < -0.3 is 10.1 Å². The van der Waals surface area contributed by atoms with Gasteiger partial charge in [0.25, 0.3) is 5.69 Å². The van der Waals surface area contributed by atoms with E-state index in [1.54, 1.807) is 0 Å². The number of rotatable bonds is 8. The van der Waals surface area contributed by atoms with Crippen LogP contribution in [0.2, 0.25) is 5.02 Å². The summed E-state index contributed by atoms with van der Waals surface area (Å²) in [6.45, 7) is -0.628. The molecular formula is C18H14ClFN2O6. The van der Waals surface area contributed by atoms with Gasteiger partial charge in [-0.1, -0.05) is 11.6 Å². The Bertz CT molecular complexity index is 917. The molecule has 146 valence electrons. The standard InChI is InChI=1S/C18H14ClFN2O6/c19-14-6-1-11(9-15(14)22(26)27)16(23)10-28-18(25)8-7-17(24)21-13-4-2-12(20)3-5-13/h1-6,9H,7-8,10H2,(H,21,24). The van der Waals surface area contributed by atoms with Crippen LogP contribution in [0.1, 0.15) is 23.2 Å². The Morgan fingerprint density at radius 1 is 1.11 bits per heavy atom. The molecule has 1 N–H and O–H groups in total. The zero-order valence-corrected chi connectivity index (χ0v) is 15.1. The highest BCUT2D eigenvalue weighted by atomic mass is 35.5. The first-order valence-electron chi connectivity index (χ1n) is 7.94. The van der Waals surface area contributed by atoms with E-state index in [1.807, 2.05) is 0 Å². The number of nitrogens with one attached hydrogen (secondary N) is 1. The van der Waals surface area contributed by atoms with Gasteiger partial charge in [-0.15, -0.1) is 0 Å². The first-order chi connectivity index (χ1) is 13.3. The molecule has 0 atom stereocenters. The highest BCUT2D eigenvalue weighted by Crippen LogP contribution is 2.25. The van der Waals surface area contributed by atoms with Crippen LogP contribution in [0.25, 0.3) is 0 Å². The highest BCUT2D eigenvalue weighted by Gasteiger charge is 2.17. The molecule has 0 fully saturated rings. The van der Waals surface area contributed by atoms with Crippen molar-refractivity contribution in [2.45, 2.75) is 12.8 Å². The number of ketones is 1. The van der Waals surface area contributed by atoms with E-state index < -0.39 is 40.7 Å². The number of amides is 1. The molecule has 0 aliphatic carbocycles. The Morgan fingerprint density at radius 2 is 1.79 bits per heavy atom. The van der Waals surface area contributed by atoms with Crippen LogP contribution < -0.4 is 5.32 Å². The van der Waals surface area contributed by atoms with Gasteiger partial charge in [-0.3, -0.25) is 24.5 Å². The van der Waals surface area contributed by atoms with Gasteiger partial charge in [-0.2, -0.15) is 0 Å². The zero-order chi connectivity index (χ0) is 20.7. The van der Waals surface area contributed by atoms with Gasteiger partial charge >= 0.3 is 5.97 Å². The Morgan fingerprint density at radius 3 is 2.43 bits per heavy atom. The smallest absolute Gasteiger partial charge is 0.306 e. The number of halogens is 2. The number of nitro benzene ring substituents is 1. The average Bonchev–Trinajstić information content (AvgIpc) is 2.66. The van der Waals surface area contributed by atoms with Crippen molar-refractivity contribution in [2.24, 2.45) is 0 Å². The van der Waals surface area contributed by atoms with E-state index in [1.165, 1.54) is 36.4 Å². The summed E-state index contributed by atoms with van der Waals surface area (Å²) >= 11 is 5.67. The van der Waals surface area contributed by atoms with Crippen molar-refractivity contribution in [1.29, 1.82) is 0 Å². The minimum atomic E-state index is -0.786. The van der Waals surface area contributed by atoms with Crippen LogP contribution in [0.5, 0.6) is 0 Å². The lowest BCUT2D eigenvalue weighted by molar-refractivity contribution is -0.384. The van der Waals surface area contributed by atoms with E-state index in [2.05, 4.69) is 5.32 Å². The van der Waals surface area contributed by atoms with Gasteiger partial charge in [0.2, 0.25) is 11.7 Å². The molecule has 0 heterocycles. The van der Waals surface area contributed by atoms with Crippen molar-refractivity contribution < 1.29 is 28.4 Å². The van der Waals surface area contributed by atoms with Gasteiger partial charge in [0.15, 0.2) is 6.61 Å². The van der Waals surface area contributed by atoms with Gasteiger partial charge in [0.1, 0.15) is 10.8 Å². The Balaban J connectivity index is 1.79. The molecule has 8 nitrogen and oxygen atoms in total. The number of hydrogen-bond donors (Lipinski definition) is 1. The molecule has 28 heavy (non-hydrogen) atoms. The number of anilines is 1. The first-order valence-corrected chi connectivity index (χ1v) is 8.32. The van der Waals surface area contributed by atoms with Crippen LogP contribution >= 0.6 is 11.6 Å². The quantitative estimate of drug-likeness (QED) is 0.309. The van der Waals surface area contributed by atoms with Crippen LogP contribution in [0.3, 0.4) is 0 Å². The van der Waals surface area contributed by atoms with Crippen molar-refractivity contribution >= 4 is 40.6 Å². The average molecular weight is 409 g/mol. The molecule has 0 bridgehead atoms. The summed E-state index contributed by atoms with van der Waals surface area (Å²) in [5, 5.41) is 13.2. The molecular weight excluding hydrogens is 395 g/mol. The van der Waals surface area contributed by atoms with Gasteiger partial charge in [-0.05, 0) is 36.4 Å². The lowest BCUT2D eigenvalue weighted by Gasteiger charge is -2.06. The summed E-state index contributed by atoms with van der Waals surface area (Å²) in [5.41, 5.74) is -0.0893. The lowest BCUT2D eigenvalue weighted by atomic mass is 10.1. The lowest BCUT2D eigenvalue weighted by Crippen LogP contribution is -2.17. The minimum absolute atomic E-state index is 0.0297. The maximum absolute atomic E-state index is 12.8. The van der Waals surface area contributed by atoms with E-state index >= 15 is 0 Å². The van der Waals surface area contributed by atoms with Crippen LogP contribution in [-0.4, -0.2) is 29.2 Å². The van der Waals surface area contributed by atoms with Crippen molar-refractivity contribution in [2.75, 3.05) is 11.9 Å². The third-order valence-electron chi connectivity index (χ3n) is 3.51. The summed E-state index contributed by atoms with van der Waals surface area (Å²) in [6.07, 6.45) is -0.474. The van der Waals surface area contributed by atoms with E-state index in [0.717, 1.165) is 6.07 Å². The van der Waals surface area contributed by atoms with E-state index in [4.69, 9.17) is 16.3 Å². The highest BCUT2D eigenvalue weighted by molar-refractivity contribution is 6.32. The number of esters is 1. The van der Waals surface area contributed by atoms with Crippen molar-refractivity contribution in [3.05, 3.63) is 69.0 Å². The zero-order valence-electron chi connectivity index (χ0n) is 14.3. The fourth-order valence-corrected chi connectivity index (χ4v) is 2.29. The number of carbonyl (C=O) groups excluding carboxylic acids is 3. The molecule has 0 unspecified atom stereocenters. The van der Waals surface area contributed by atoms with Crippen molar-refractivity contribution in [1.82, 2.24) is 0 Å². The molecule has 0 aromatic heterocycles. The van der Waals surface area contributed by atoms with E-state index in [9.17, 15) is 28.9 Å². The van der Waals surface area contributed by atoms with E-state index in [0.29, 0.717) is 5.69 Å². The van der Waals surface area contributed by atoms with Gasteiger partial charge in [0.05, 0.1) is 11.3 Å². The van der Waals surface area contributed by atoms with Crippen molar-refractivity contribution in [3.8, 4) is 0 Å². The molecule has 0 radical (unpaired) electrons. The van der Waals surface area contributed by atoms with E-state index in [-0.39, 0.29) is 23.4 Å². The topological polar surface area (TPSA) is 116 Å². The van der Waals surface area contributed by atoms with Gasteiger partial charge in [-0.25, -0.2) is 4.39 Å². The second-order valence-electron chi connectivity index (χ2n) is 5.56. The molecule has 0 saturated heterocycles. The van der Waals surface area contributed by atoms with Crippen molar-refractivity contribution in [3.63, 3.8) is 0 Å². The van der Waals surface area contributed by atoms with Crippen LogP contribution in [-0.2, 0) is 14.3 Å². The Hall–Kier alpha value is -3.33. The predicted octanol–water partition coefficient (Wildman–Crippen LogP) is 3.53. The minimum Gasteiger partial charge on any atom is -0.457 e. The fourth-order valence-electron chi connectivity index (χ4n) is 2.10. The summed E-state index contributed by atoms with van der Waals surface area (Å²) in [4.78, 5) is 45.5. The number of nitrogens with zero attached hydrogens (tertiary/aromatic N) is 1. The molecule has 0 aliphatic rings. The molecule has 0 saturated carbocycles. The molecule has 2 aromatic rings. The maximum atomic E-state index is 12.8. The maximum Gasteiger partial charge on any atom is 0.306 e. The fraction of sp³-hybridized carbons (Fsp3) is 0.167. The summed E-state index contributed by atoms with van der Waals surface area (Å²) < 4.78 is 17.6. The van der Waals surface area contributed by atoms with Crippen LogP contribution in [0.4, 0.5) is 15.8 Å². The van der Waals surface area contributed by atoms with Crippen LogP contribution in [0.15, 0.2) is 42.5 Å². The summed E-state index contributed by atoms with van der Waals surface area (Å²) in [6, 6.07) is 8.57. The Kier molecular flexibility index (Phi) is 7.16. The third-order valence-corrected chi connectivity index (χ3v) is 3.83. The summed E-state index contributed by atoms with van der Waals surface area (Å²) in [5.74, 6) is -2.37. The number of Topliss-reactive ketones (excluding diaryl/α,β-unsaturated/α-hetero) is 1. The molecule has 10 heteroatoms. The number of ether oxygens (including phenoxy) is 1. The Labute approximate surface area is 163 Å². The second kappa shape index (κ2) is 9.56. The summed E-state index contributed by atoms with van der Waals surface area (Å²) in [7, 11) is 0. The predicted molar refractivity (Wildman–Crippen MR) is 97.7 cm³/mol. The SMILES string of the molecule is O=C(CCC(=O)OCC(=O)c1ccc(Cl)c([N+](=O)[O-])c1)Nc1ccc(F)cc1. The number of carbonyl (C=O) groups is 3. The number of hydrogen-bond acceptors (Lipinski definition) is 6. The first kappa shape index (κ1) is 21.0. The second-order valence-corrected chi connectivity index (χ2v) is 5.97. The number of nitro groups is 1.